The van der Waals surface area contributed by atoms with E-state index in [2.05, 4.69) is 32.2 Å². The Morgan fingerprint density at radius 1 is 0.750 bits per heavy atom. The first-order valence-corrected chi connectivity index (χ1v) is 13.6. The third-order valence-corrected chi connectivity index (χ3v) is 7.23. The third kappa shape index (κ3) is 12.3. The van der Waals surface area contributed by atoms with Gasteiger partial charge in [0.25, 0.3) is 0 Å². The molecule has 0 spiro atoms. The Morgan fingerprint density at radius 3 is 1.89 bits per heavy atom. The molecule has 166 valence electrons. The fraction of sp³-hybridized carbons (Fsp3) is 0.909. The quantitative estimate of drug-likeness (QED) is 0.423. The van der Waals surface area contributed by atoms with Crippen LogP contribution in [0.2, 0.25) is 6.55 Å². The molecule has 0 bridgehead atoms. The second-order valence-electron chi connectivity index (χ2n) is 8.29. The highest BCUT2D eigenvalue weighted by Gasteiger charge is 2.32. The zero-order chi connectivity index (χ0) is 20.8. The summed E-state index contributed by atoms with van der Waals surface area (Å²) < 4.78 is 30.2. The van der Waals surface area contributed by atoms with Gasteiger partial charge >= 0.3 is 8.56 Å². The van der Waals surface area contributed by atoms with E-state index in [-0.39, 0.29) is 24.4 Å². The molecule has 1 saturated heterocycles. The van der Waals surface area contributed by atoms with Gasteiger partial charge in [-0.2, -0.15) is 0 Å². The van der Waals surface area contributed by atoms with Crippen molar-refractivity contribution in [2.75, 3.05) is 26.4 Å². The molecule has 0 radical (unpaired) electrons. The largest absolute Gasteiger partial charge is 0.389 e. The van der Waals surface area contributed by atoms with Crippen LogP contribution >= 0.6 is 0 Å². The first-order valence-electron chi connectivity index (χ1n) is 11.2. The Kier molecular flexibility index (Phi) is 13.5. The van der Waals surface area contributed by atoms with Crippen molar-refractivity contribution < 1.29 is 23.1 Å². The van der Waals surface area contributed by atoms with E-state index >= 15 is 0 Å². The molecule has 0 aromatic carbocycles. The van der Waals surface area contributed by atoms with E-state index in [9.17, 15) is 0 Å². The number of rotatable bonds is 7. The maximum atomic E-state index is 6.35. The molecule has 5 nitrogen and oxygen atoms in total. The van der Waals surface area contributed by atoms with Gasteiger partial charge in [-0.15, -0.1) is 0 Å². The van der Waals surface area contributed by atoms with E-state index in [1.165, 1.54) is 32.1 Å². The minimum atomic E-state index is -2.43. The fourth-order valence-electron chi connectivity index (χ4n) is 3.04. The standard InChI is InChI=1S/C22H44O5Si/c1-7-8-9-10-11-12-13-14-28(6)26-18-21(4)24-16-19(2)23-15-20(3)25-17-22(5)27-28/h13-14,19-22H,7-12,15-18H2,1-6H3/b14-13+. The molecule has 0 saturated carbocycles. The first-order chi connectivity index (χ1) is 13.3. The van der Waals surface area contributed by atoms with Gasteiger partial charge in [0.2, 0.25) is 0 Å². The van der Waals surface area contributed by atoms with Crippen molar-refractivity contribution in [2.45, 2.75) is 104 Å². The molecule has 1 heterocycles. The SMILES string of the molecule is CCCCCCC/C=C/[Si]1(C)OCC(C)OCC(C)OCC(C)OCC(C)O1. The van der Waals surface area contributed by atoms with Crippen molar-refractivity contribution in [1.82, 2.24) is 0 Å². The molecular formula is C22H44O5Si. The lowest BCUT2D eigenvalue weighted by molar-refractivity contribution is -0.0891. The lowest BCUT2D eigenvalue weighted by atomic mass is 10.1. The summed E-state index contributed by atoms with van der Waals surface area (Å²) in [5, 5.41) is 0. The van der Waals surface area contributed by atoms with Gasteiger partial charge in [0.05, 0.1) is 50.8 Å². The summed E-state index contributed by atoms with van der Waals surface area (Å²) in [6.45, 7) is 14.7. The van der Waals surface area contributed by atoms with Gasteiger partial charge in [-0.05, 0) is 52.8 Å². The van der Waals surface area contributed by atoms with Crippen LogP contribution in [0.4, 0.5) is 0 Å². The van der Waals surface area contributed by atoms with Gasteiger partial charge in [-0.25, -0.2) is 0 Å². The topological polar surface area (TPSA) is 46.2 Å². The summed E-state index contributed by atoms with van der Waals surface area (Å²) in [7, 11) is -2.43. The minimum Gasteiger partial charge on any atom is -0.389 e. The Bertz CT molecular complexity index is 420. The molecule has 5 atom stereocenters. The molecule has 5 unspecified atom stereocenters. The molecule has 0 N–H and O–H groups in total. The first kappa shape index (κ1) is 25.8. The Balaban J connectivity index is 2.63. The van der Waals surface area contributed by atoms with Crippen LogP contribution in [-0.2, 0) is 23.1 Å². The summed E-state index contributed by atoms with van der Waals surface area (Å²) in [4.78, 5) is 0. The molecule has 0 aromatic heterocycles. The summed E-state index contributed by atoms with van der Waals surface area (Å²) in [6.07, 6.45) is 9.87. The summed E-state index contributed by atoms with van der Waals surface area (Å²) in [5.74, 6) is 0. The van der Waals surface area contributed by atoms with Crippen LogP contribution in [0.25, 0.3) is 0 Å². The Hall–Kier alpha value is -0.243. The van der Waals surface area contributed by atoms with Crippen LogP contribution in [0.3, 0.4) is 0 Å². The van der Waals surface area contributed by atoms with Crippen molar-refractivity contribution in [1.29, 1.82) is 0 Å². The van der Waals surface area contributed by atoms with Crippen LogP contribution in [0, 0.1) is 0 Å². The van der Waals surface area contributed by atoms with E-state index in [1.54, 1.807) is 0 Å². The van der Waals surface area contributed by atoms with Gasteiger partial charge in [-0.1, -0.05) is 38.7 Å². The van der Waals surface area contributed by atoms with E-state index in [4.69, 9.17) is 23.1 Å². The van der Waals surface area contributed by atoms with E-state index in [0.29, 0.717) is 26.4 Å². The smallest absolute Gasteiger partial charge is 0.361 e. The Labute approximate surface area is 174 Å². The number of unbranched alkanes of at least 4 members (excludes halogenated alkanes) is 5. The van der Waals surface area contributed by atoms with Gasteiger partial charge in [0.15, 0.2) is 0 Å². The maximum absolute atomic E-state index is 6.35. The average molecular weight is 417 g/mol. The zero-order valence-electron chi connectivity index (χ0n) is 19.1. The maximum Gasteiger partial charge on any atom is 0.361 e. The lowest BCUT2D eigenvalue weighted by Gasteiger charge is -2.30. The molecule has 28 heavy (non-hydrogen) atoms. The van der Waals surface area contributed by atoms with E-state index < -0.39 is 8.56 Å². The third-order valence-electron chi connectivity index (χ3n) is 4.78. The van der Waals surface area contributed by atoms with Gasteiger partial charge < -0.3 is 23.1 Å². The number of ether oxygens (including phenoxy) is 3. The lowest BCUT2D eigenvalue weighted by Crippen LogP contribution is -2.44. The van der Waals surface area contributed by atoms with Crippen molar-refractivity contribution in [3.8, 4) is 0 Å². The molecule has 1 fully saturated rings. The van der Waals surface area contributed by atoms with Crippen LogP contribution in [0.1, 0.15) is 73.1 Å². The molecule has 6 heteroatoms. The van der Waals surface area contributed by atoms with E-state index in [0.717, 1.165) is 6.42 Å². The molecule has 0 aliphatic carbocycles. The van der Waals surface area contributed by atoms with Gasteiger partial charge in [0, 0.05) is 0 Å². The molecule has 0 amide bonds. The van der Waals surface area contributed by atoms with Gasteiger partial charge in [-0.3, -0.25) is 0 Å². The summed E-state index contributed by atoms with van der Waals surface area (Å²) in [5.41, 5.74) is 2.19. The van der Waals surface area contributed by atoms with Crippen molar-refractivity contribution in [3.05, 3.63) is 11.8 Å². The number of allylic oxidation sites excluding steroid dienone is 1. The molecule has 0 aromatic rings. The second kappa shape index (κ2) is 14.7. The minimum absolute atomic E-state index is 0.0100. The molecule has 1 aliphatic heterocycles. The zero-order valence-corrected chi connectivity index (χ0v) is 20.1. The Morgan fingerprint density at radius 2 is 1.29 bits per heavy atom. The molecular weight excluding hydrogens is 372 g/mol. The van der Waals surface area contributed by atoms with Crippen molar-refractivity contribution >= 4 is 8.56 Å². The number of hydrogen-bond donors (Lipinski definition) is 0. The fourth-order valence-corrected chi connectivity index (χ4v) is 5.31. The summed E-state index contributed by atoms with van der Waals surface area (Å²) >= 11 is 0. The van der Waals surface area contributed by atoms with Crippen molar-refractivity contribution in [2.24, 2.45) is 0 Å². The van der Waals surface area contributed by atoms with E-state index in [1.807, 2.05) is 20.8 Å². The predicted octanol–water partition coefficient (Wildman–Crippen LogP) is 5.16. The average Bonchev–Trinajstić information content (AvgIpc) is 2.66. The number of hydrogen-bond acceptors (Lipinski definition) is 5. The predicted molar refractivity (Wildman–Crippen MR) is 117 cm³/mol. The highest BCUT2D eigenvalue weighted by Crippen LogP contribution is 2.16. The van der Waals surface area contributed by atoms with Crippen LogP contribution in [0.5, 0.6) is 0 Å². The monoisotopic (exact) mass is 416 g/mol. The van der Waals surface area contributed by atoms with Crippen molar-refractivity contribution in [3.63, 3.8) is 0 Å². The van der Waals surface area contributed by atoms with Gasteiger partial charge in [0.1, 0.15) is 0 Å². The highest BCUT2D eigenvalue weighted by atomic mass is 28.4. The molecule has 1 rings (SSSR count). The normalized spacial score (nSPS) is 34.4. The van der Waals surface area contributed by atoms with Crippen LogP contribution < -0.4 is 0 Å². The van der Waals surface area contributed by atoms with Crippen LogP contribution in [-0.4, -0.2) is 59.4 Å². The van der Waals surface area contributed by atoms with Crippen LogP contribution in [0.15, 0.2) is 11.8 Å². The highest BCUT2D eigenvalue weighted by molar-refractivity contribution is 6.71. The second-order valence-corrected chi connectivity index (χ2v) is 11.2. The molecule has 1 aliphatic rings. The summed E-state index contributed by atoms with van der Waals surface area (Å²) in [6, 6.07) is 0.